The molecule has 1 radical (unpaired) electrons. The molecule has 1 aliphatic heterocycles. The molecule has 2 aromatic heterocycles. The molecule has 4 nitrogen and oxygen atoms in total. The summed E-state index contributed by atoms with van der Waals surface area (Å²) in [5.74, 6) is 1.44. The molecule has 3 heterocycles. The van der Waals surface area contributed by atoms with Crippen LogP contribution in [0, 0.1) is 0 Å². The molecule has 1 saturated heterocycles. The van der Waals surface area contributed by atoms with Gasteiger partial charge >= 0.3 is 5.95 Å². The van der Waals surface area contributed by atoms with Gasteiger partial charge in [0.1, 0.15) is 5.52 Å². The Kier molecular flexibility index (Phi) is 6.30. The quantitative estimate of drug-likeness (QED) is 0.308. The molecule has 4 rings (SSSR count). The summed E-state index contributed by atoms with van der Waals surface area (Å²) >= 11 is 10.4. The molecule has 0 atom stereocenters. The Hall–Kier alpha value is -0.760. The van der Waals surface area contributed by atoms with Crippen LogP contribution in [0.15, 0.2) is 48.8 Å². The Bertz CT molecular complexity index is 793. The van der Waals surface area contributed by atoms with Crippen LogP contribution in [0.1, 0.15) is 24.3 Å². The summed E-state index contributed by atoms with van der Waals surface area (Å²) < 4.78 is 1.86. The number of pyridine rings is 1. The van der Waals surface area contributed by atoms with E-state index in [1.807, 2.05) is 28.8 Å². The number of piperidine rings is 1. The molecule has 1 fully saturated rings. The minimum Gasteiger partial charge on any atom is -0.800 e. The van der Waals surface area contributed by atoms with Crippen molar-refractivity contribution in [3.8, 4) is 5.95 Å². The molecule has 0 amide bonds. The van der Waals surface area contributed by atoms with Crippen molar-refractivity contribution in [2.45, 2.75) is 23.5 Å². The average Bonchev–Trinajstić information content (AvgIpc) is 3.06. The average molecular weight is 552 g/mol. The second kappa shape index (κ2) is 8.29. The number of nitrogens with one attached hydrogen (secondary N) is 1. The number of aromatic nitrogens is 3. The van der Waals surface area contributed by atoms with Gasteiger partial charge in [-0.3, -0.25) is 0 Å². The normalized spacial score (nSPS) is 16.3. The molecule has 0 saturated carbocycles. The largest absolute Gasteiger partial charge is 0.800 e. The molecule has 3 aromatic rings. The third-order valence-corrected chi connectivity index (χ3v) is 5.37. The maximum Gasteiger partial charge on any atom is 0.401 e. The van der Waals surface area contributed by atoms with Crippen molar-refractivity contribution < 1.29 is 26.9 Å². The molecule has 0 bridgehead atoms. The predicted octanol–water partition coefficient (Wildman–Crippen LogP) is 2.39. The fraction of sp³-hybridized carbons (Fsp3) is 0.333. The fourth-order valence-corrected chi connectivity index (χ4v) is 3.78. The molecule has 1 N–H and O–H groups in total. The molecule has 25 heavy (non-hydrogen) atoms. The first-order valence-corrected chi connectivity index (χ1v) is 9.17. The number of H-pyrrole nitrogens is 1. The maximum atomic E-state index is 5.18. The van der Waals surface area contributed by atoms with E-state index in [1.165, 1.54) is 5.56 Å². The van der Waals surface area contributed by atoms with E-state index < -0.39 is 0 Å². The minimum absolute atomic E-state index is 0. The summed E-state index contributed by atoms with van der Waals surface area (Å²) in [7, 11) is 0. The van der Waals surface area contributed by atoms with Crippen LogP contribution in [0.2, 0.25) is 0 Å². The first-order valence-electron chi connectivity index (χ1n) is 8.23. The summed E-state index contributed by atoms with van der Waals surface area (Å²) in [5.41, 5.74) is 3.42. The van der Waals surface area contributed by atoms with Crippen LogP contribution in [-0.2, 0) is 47.6 Å². The van der Waals surface area contributed by atoms with Crippen molar-refractivity contribution in [3.05, 3.63) is 54.4 Å². The van der Waals surface area contributed by atoms with E-state index in [-0.39, 0.29) is 27.1 Å². The van der Waals surface area contributed by atoms with Crippen molar-refractivity contribution in [3.63, 3.8) is 0 Å². The number of hydrogen-bond acceptors (Lipinski definition) is 4. The van der Waals surface area contributed by atoms with E-state index in [2.05, 4.69) is 39.4 Å². The van der Waals surface area contributed by atoms with E-state index in [1.54, 1.807) is 0 Å². The summed E-state index contributed by atoms with van der Waals surface area (Å²) in [6.07, 6.45) is 6.42. The van der Waals surface area contributed by atoms with Gasteiger partial charge in [0.05, 0.1) is 12.4 Å². The summed E-state index contributed by atoms with van der Waals surface area (Å²) in [6, 6.07) is 12.5. The number of imidazole rings is 1. The Morgan fingerprint density at radius 1 is 1.08 bits per heavy atom. The first-order chi connectivity index (χ1) is 11.7. The Morgan fingerprint density at radius 3 is 2.40 bits per heavy atom. The zero-order valence-corrected chi connectivity index (χ0v) is 17.4. The third kappa shape index (κ3) is 4.15. The number of para-hydroxylation sites is 2. The van der Waals surface area contributed by atoms with Crippen molar-refractivity contribution >= 4 is 36.3 Å². The summed E-state index contributed by atoms with van der Waals surface area (Å²) in [5, 5.41) is 0. The molecule has 0 unspecified atom stereocenters. The molecular weight excluding hydrogens is 533 g/mol. The van der Waals surface area contributed by atoms with Gasteiger partial charge in [-0.2, -0.15) is 0 Å². The number of benzene rings is 1. The number of aromatic amines is 1. The van der Waals surface area contributed by atoms with E-state index >= 15 is 0 Å². The zero-order chi connectivity index (χ0) is 16.5. The molecule has 135 valence electrons. The number of nitrogens with zero attached hydrogens (tertiary/aromatic N) is 3. The molecule has 0 aliphatic carbocycles. The second-order valence-corrected chi connectivity index (χ2v) is 7.43. The van der Waals surface area contributed by atoms with Gasteiger partial charge in [-0.25, -0.2) is 14.3 Å². The van der Waals surface area contributed by atoms with Gasteiger partial charge in [0.25, 0.3) is 0 Å². The Morgan fingerprint density at radius 2 is 1.76 bits per heavy atom. The van der Waals surface area contributed by atoms with Gasteiger partial charge in [-0.15, -0.1) is 0 Å². The van der Waals surface area contributed by atoms with Crippen LogP contribution >= 0.6 is 0 Å². The predicted molar refractivity (Wildman–Crippen MR) is 99.7 cm³/mol. The van der Waals surface area contributed by atoms with Crippen molar-refractivity contribution in [1.29, 1.82) is 0 Å². The third-order valence-electron chi connectivity index (χ3n) is 4.78. The summed E-state index contributed by atoms with van der Waals surface area (Å²) in [6.45, 7) is 2.00. The smallest absolute Gasteiger partial charge is 0.401 e. The molecular formula is C18H19AuN4S2-. The molecule has 1 aromatic carbocycles. The molecule has 0 spiro atoms. The topological polar surface area (TPSA) is 35.8 Å². The van der Waals surface area contributed by atoms with E-state index in [0.29, 0.717) is 5.92 Å². The van der Waals surface area contributed by atoms with Crippen LogP contribution in [0.3, 0.4) is 0 Å². The second-order valence-electron chi connectivity index (χ2n) is 6.23. The van der Waals surface area contributed by atoms with Crippen molar-refractivity contribution in [2.75, 3.05) is 13.1 Å². The van der Waals surface area contributed by atoms with Crippen molar-refractivity contribution in [1.82, 2.24) is 14.9 Å². The van der Waals surface area contributed by atoms with Crippen LogP contribution in [0.25, 0.3) is 17.0 Å². The van der Waals surface area contributed by atoms with E-state index in [9.17, 15) is 0 Å². The number of hydrogen-bond donors (Lipinski definition) is 1. The number of likely N-dealkylation sites (tertiary alicyclic amines) is 1. The Labute approximate surface area is 174 Å². The SMILES string of the molecule is [Au].[S-]C([S-])N1CCC(c2cc[n+](-c3nc4ccccc4[nH]3)cc2)CC1. The number of rotatable bonds is 3. The van der Waals surface area contributed by atoms with Gasteiger partial charge in [0, 0.05) is 22.4 Å². The van der Waals surface area contributed by atoms with Crippen LogP contribution in [0.4, 0.5) is 0 Å². The van der Waals surface area contributed by atoms with Gasteiger partial charge in [-0.1, -0.05) is 17.1 Å². The van der Waals surface area contributed by atoms with Gasteiger partial charge < -0.3 is 30.2 Å². The first kappa shape index (κ1) is 19.0. The zero-order valence-electron chi connectivity index (χ0n) is 13.6. The standard InChI is InChI=1S/C18H20N4S2.Au/c23-18(24)22-11-7-14(8-12-22)13-5-9-21(10-6-13)17-19-15-3-1-2-4-16(15)20-17;/h1-6,9-10,14,18H,7-8,11-12H2,(H2-,19,20,23,24);/p-1. The molecule has 1 aliphatic rings. The minimum atomic E-state index is -0.169. The van der Waals surface area contributed by atoms with Gasteiger partial charge in [0.15, 0.2) is 5.52 Å². The fourth-order valence-electron chi connectivity index (χ4n) is 3.36. The maximum absolute atomic E-state index is 5.18. The Balaban J connectivity index is 0.00000182. The van der Waals surface area contributed by atoms with Gasteiger partial charge in [0.2, 0.25) is 0 Å². The van der Waals surface area contributed by atoms with Gasteiger partial charge in [-0.05, 0) is 61.7 Å². The van der Waals surface area contributed by atoms with E-state index in [0.717, 1.165) is 42.9 Å². The van der Waals surface area contributed by atoms with Crippen LogP contribution in [0.5, 0.6) is 0 Å². The van der Waals surface area contributed by atoms with Crippen LogP contribution < -0.4 is 4.57 Å². The van der Waals surface area contributed by atoms with E-state index in [4.69, 9.17) is 25.3 Å². The number of fused-ring (bicyclic) bond motifs is 1. The summed E-state index contributed by atoms with van der Waals surface area (Å²) in [4.78, 5) is 10.2. The molecule has 7 heteroatoms. The van der Waals surface area contributed by atoms with Crippen molar-refractivity contribution in [2.24, 2.45) is 0 Å². The monoisotopic (exact) mass is 552 g/mol. The van der Waals surface area contributed by atoms with Crippen LogP contribution in [-0.4, -0.2) is 32.7 Å².